The summed E-state index contributed by atoms with van der Waals surface area (Å²) in [6, 6.07) is 22.6. The molecule has 4 rings (SSSR count). The van der Waals surface area contributed by atoms with E-state index in [1.165, 1.54) is 0 Å². The maximum atomic E-state index is 12.9. The summed E-state index contributed by atoms with van der Waals surface area (Å²) in [6.45, 7) is 1.87. The average Bonchev–Trinajstić information content (AvgIpc) is 3.23. The van der Waals surface area contributed by atoms with E-state index in [9.17, 15) is 13.2 Å². The van der Waals surface area contributed by atoms with E-state index in [0.717, 1.165) is 31.4 Å². The van der Waals surface area contributed by atoms with Crippen molar-refractivity contribution in [3.8, 4) is 11.5 Å². The van der Waals surface area contributed by atoms with Crippen molar-refractivity contribution in [3.05, 3.63) is 84.4 Å². The van der Waals surface area contributed by atoms with Gasteiger partial charge in [0.05, 0.1) is 4.90 Å². The summed E-state index contributed by atoms with van der Waals surface area (Å²) in [7, 11) is -3.52. The largest absolute Gasteiger partial charge is 0.490 e. The Morgan fingerprint density at radius 1 is 0.789 bits per heavy atom. The number of rotatable bonds is 9. The zero-order chi connectivity index (χ0) is 26.8. The summed E-state index contributed by atoms with van der Waals surface area (Å²) >= 11 is 5.26. The molecule has 10 heteroatoms. The number of carbonyl (C=O) groups excluding carboxylic acids is 1. The predicted octanol–water partition coefficient (Wildman–Crippen LogP) is 4.84. The minimum absolute atomic E-state index is 0.108. The molecule has 1 fully saturated rings. The Labute approximate surface area is 229 Å². The van der Waals surface area contributed by atoms with Crippen LogP contribution in [-0.4, -0.2) is 50.0 Å². The van der Waals surface area contributed by atoms with Gasteiger partial charge in [-0.05, 0) is 85.7 Å². The maximum Gasteiger partial charge on any atom is 0.257 e. The fourth-order valence-electron chi connectivity index (χ4n) is 4.02. The van der Waals surface area contributed by atoms with Crippen molar-refractivity contribution in [1.82, 2.24) is 9.62 Å². The van der Waals surface area contributed by atoms with Crippen LogP contribution in [0.3, 0.4) is 0 Å². The molecule has 1 aliphatic rings. The number of carbonyl (C=O) groups is 1. The van der Waals surface area contributed by atoms with Gasteiger partial charge >= 0.3 is 0 Å². The molecule has 38 heavy (non-hydrogen) atoms. The van der Waals surface area contributed by atoms with Crippen LogP contribution >= 0.6 is 12.2 Å². The molecular weight excluding hydrogens is 522 g/mol. The number of nitrogens with zero attached hydrogens (tertiary/aromatic N) is 1. The molecule has 0 aliphatic carbocycles. The van der Waals surface area contributed by atoms with Crippen molar-refractivity contribution in [1.29, 1.82) is 0 Å². The van der Waals surface area contributed by atoms with Crippen LogP contribution in [0.25, 0.3) is 0 Å². The summed E-state index contributed by atoms with van der Waals surface area (Å²) in [6.07, 6.45) is 3.87. The Hall–Kier alpha value is -3.47. The van der Waals surface area contributed by atoms with E-state index in [2.05, 4.69) is 10.6 Å². The third-order valence-electron chi connectivity index (χ3n) is 6.02. The first-order valence-corrected chi connectivity index (χ1v) is 14.4. The third kappa shape index (κ3) is 7.77. The minimum Gasteiger partial charge on any atom is -0.490 e. The van der Waals surface area contributed by atoms with Crippen LogP contribution in [0.4, 0.5) is 5.69 Å². The standard InChI is InChI=1S/C28H31N3O5S2/c32-27(22-10-14-25(15-11-22)36-21-20-35-24-8-4-3-5-9-24)30-28(37)29-23-12-16-26(17-13-23)38(33,34)31-18-6-1-2-7-19-31/h3-5,8-17H,1-2,6-7,18-21H2,(H2,29,30,32,37). The Morgan fingerprint density at radius 2 is 1.37 bits per heavy atom. The topological polar surface area (TPSA) is 97.0 Å². The smallest absolute Gasteiger partial charge is 0.257 e. The summed E-state index contributed by atoms with van der Waals surface area (Å²) in [5.41, 5.74) is 0.993. The van der Waals surface area contributed by atoms with Crippen molar-refractivity contribution in [2.24, 2.45) is 0 Å². The third-order valence-corrected chi connectivity index (χ3v) is 8.14. The second-order valence-corrected chi connectivity index (χ2v) is 11.1. The molecule has 200 valence electrons. The average molecular weight is 554 g/mol. The van der Waals surface area contributed by atoms with Gasteiger partial charge < -0.3 is 14.8 Å². The molecule has 3 aromatic carbocycles. The van der Waals surface area contributed by atoms with Crippen molar-refractivity contribution in [3.63, 3.8) is 0 Å². The predicted molar refractivity (Wildman–Crippen MR) is 151 cm³/mol. The number of hydrogen-bond acceptors (Lipinski definition) is 6. The van der Waals surface area contributed by atoms with Crippen molar-refractivity contribution in [2.75, 3.05) is 31.6 Å². The van der Waals surface area contributed by atoms with Gasteiger partial charge in [-0.1, -0.05) is 31.0 Å². The van der Waals surface area contributed by atoms with E-state index >= 15 is 0 Å². The molecule has 0 unspecified atom stereocenters. The van der Waals surface area contributed by atoms with Gasteiger partial charge in [0.2, 0.25) is 10.0 Å². The summed E-state index contributed by atoms with van der Waals surface area (Å²) < 4.78 is 38.7. The number of hydrogen-bond donors (Lipinski definition) is 2. The molecule has 3 aromatic rings. The lowest BCUT2D eigenvalue weighted by Gasteiger charge is -2.20. The summed E-state index contributed by atoms with van der Waals surface area (Å²) in [5, 5.41) is 5.66. The zero-order valence-corrected chi connectivity index (χ0v) is 22.6. The number of benzene rings is 3. The van der Waals surface area contributed by atoms with Gasteiger partial charge in [0.15, 0.2) is 5.11 Å². The molecule has 1 heterocycles. The Kier molecular flexibility index (Phi) is 9.69. The molecule has 0 atom stereocenters. The van der Waals surface area contributed by atoms with Gasteiger partial charge in [-0.25, -0.2) is 8.42 Å². The lowest BCUT2D eigenvalue weighted by atomic mass is 10.2. The first kappa shape index (κ1) is 27.6. The van der Waals surface area contributed by atoms with Crippen molar-refractivity contribution >= 4 is 38.9 Å². The van der Waals surface area contributed by atoms with E-state index in [1.807, 2.05) is 30.3 Å². The Balaban J connectivity index is 1.23. The van der Waals surface area contributed by atoms with Gasteiger partial charge in [-0.2, -0.15) is 4.31 Å². The van der Waals surface area contributed by atoms with Crippen LogP contribution in [0.2, 0.25) is 0 Å². The number of amides is 1. The van der Waals surface area contributed by atoms with Gasteiger partial charge in [-0.3, -0.25) is 10.1 Å². The number of ether oxygens (including phenoxy) is 2. The Bertz CT molecular complexity index is 1310. The van der Waals surface area contributed by atoms with Crippen LogP contribution < -0.4 is 20.1 Å². The monoisotopic (exact) mass is 553 g/mol. The zero-order valence-electron chi connectivity index (χ0n) is 21.0. The van der Waals surface area contributed by atoms with E-state index in [1.54, 1.807) is 52.8 Å². The number of nitrogens with one attached hydrogen (secondary N) is 2. The highest BCUT2D eigenvalue weighted by molar-refractivity contribution is 7.89. The second kappa shape index (κ2) is 13.4. The van der Waals surface area contributed by atoms with Crippen LogP contribution in [0.15, 0.2) is 83.8 Å². The SMILES string of the molecule is O=C(NC(=S)Nc1ccc(S(=O)(=O)N2CCCCCC2)cc1)c1ccc(OCCOc2ccccc2)cc1. The van der Waals surface area contributed by atoms with Crippen LogP contribution in [0.5, 0.6) is 11.5 Å². The highest BCUT2D eigenvalue weighted by Gasteiger charge is 2.25. The van der Waals surface area contributed by atoms with Gasteiger partial charge in [0, 0.05) is 24.3 Å². The Morgan fingerprint density at radius 3 is 1.97 bits per heavy atom. The lowest BCUT2D eigenvalue weighted by Crippen LogP contribution is -2.34. The summed E-state index contributed by atoms with van der Waals surface area (Å²) in [5.74, 6) is 1.03. The molecule has 1 amide bonds. The summed E-state index contributed by atoms with van der Waals surface area (Å²) in [4.78, 5) is 12.8. The first-order valence-electron chi connectivity index (χ1n) is 12.5. The van der Waals surface area contributed by atoms with E-state index in [0.29, 0.717) is 43.3 Å². The fourth-order valence-corrected chi connectivity index (χ4v) is 5.74. The number of anilines is 1. The van der Waals surface area contributed by atoms with Crippen molar-refractivity contribution < 1.29 is 22.7 Å². The van der Waals surface area contributed by atoms with Crippen LogP contribution in [-0.2, 0) is 10.0 Å². The molecule has 2 N–H and O–H groups in total. The highest BCUT2D eigenvalue weighted by atomic mass is 32.2. The molecule has 0 saturated carbocycles. The lowest BCUT2D eigenvalue weighted by molar-refractivity contribution is 0.0977. The molecule has 1 saturated heterocycles. The van der Waals surface area contributed by atoms with Gasteiger partial charge in [0.1, 0.15) is 24.7 Å². The van der Waals surface area contributed by atoms with Gasteiger partial charge in [-0.15, -0.1) is 0 Å². The molecule has 8 nitrogen and oxygen atoms in total. The number of thiocarbonyl (C=S) groups is 1. The number of sulfonamides is 1. The molecule has 1 aliphatic heterocycles. The van der Waals surface area contributed by atoms with E-state index < -0.39 is 10.0 Å². The van der Waals surface area contributed by atoms with Gasteiger partial charge in [0.25, 0.3) is 5.91 Å². The second-order valence-electron chi connectivity index (χ2n) is 8.79. The first-order chi connectivity index (χ1) is 18.4. The minimum atomic E-state index is -3.52. The maximum absolute atomic E-state index is 12.9. The number of para-hydroxylation sites is 1. The molecular formula is C28H31N3O5S2. The fraction of sp³-hybridized carbons (Fsp3) is 0.286. The normalized spacial score (nSPS) is 14.2. The van der Waals surface area contributed by atoms with Crippen molar-refractivity contribution in [2.45, 2.75) is 30.6 Å². The van der Waals surface area contributed by atoms with E-state index in [4.69, 9.17) is 21.7 Å². The molecule has 0 radical (unpaired) electrons. The van der Waals surface area contributed by atoms with Crippen LogP contribution in [0.1, 0.15) is 36.0 Å². The van der Waals surface area contributed by atoms with Crippen LogP contribution in [0, 0.1) is 0 Å². The molecule has 0 bridgehead atoms. The highest BCUT2D eigenvalue weighted by Crippen LogP contribution is 2.22. The molecule has 0 spiro atoms. The quantitative estimate of drug-likeness (QED) is 0.289. The van der Waals surface area contributed by atoms with E-state index in [-0.39, 0.29) is 15.9 Å². The molecule has 0 aromatic heterocycles.